The molecule has 1 saturated carbocycles. The normalized spacial score (nSPS) is 31.1. The SMILES string of the molecule is CCCCC[SiH]1CCC(C2CCC(c3ccc(F)cc3)CC2)CC1. The zero-order chi connectivity index (χ0) is 16.8. The van der Waals surface area contributed by atoms with E-state index in [4.69, 9.17) is 0 Å². The maximum atomic E-state index is 13.1. The largest absolute Gasteiger partial charge is 0.207 e. The Morgan fingerprint density at radius 2 is 1.50 bits per heavy atom. The van der Waals surface area contributed by atoms with E-state index in [0.717, 1.165) is 11.8 Å². The van der Waals surface area contributed by atoms with Gasteiger partial charge in [-0.2, -0.15) is 0 Å². The molecule has 1 aliphatic heterocycles. The monoisotopic (exact) mass is 346 g/mol. The van der Waals surface area contributed by atoms with Crippen LogP contribution in [0.15, 0.2) is 24.3 Å². The maximum absolute atomic E-state index is 13.1. The van der Waals surface area contributed by atoms with Gasteiger partial charge in [-0.3, -0.25) is 0 Å². The van der Waals surface area contributed by atoms with Crippen molar-refractivity contribution in [1.29, 1.82) is 0 Å². The molecule has 1 aliphatic carbocycles. The Bertz CT molecular complexity index is 467. The van der Waals surface area contributed by atoms with Gasteiger partial charge in [0.2, 0.25) is 0 Å². The predicted molar refractivity (Wildman–Crippen MR) is 105 cm³/mol. The Hall–Kier alpha value is -0.633. The van der Waals surface area contributed by atoms with Gasteiger partial charge in [0.15, 0.2) is 0 Å². The summed E-state index contributed by atoms with van der Waals surface area (Å²) < 4.78 is 13.1. The van der Waals surface area contributed by atoms with Gasteiger partial charge >= 0.3 is 0 Å². The van der Waals surface area contributed by atoms with Crippen LogP contribution in [0, 0.1) is 17.7 Å². The van der Waals surface area contributed by atoms with Crippen molar-refractivity contribution < 1.29 is 4.39 Å². The summed E-state index contributed by atoms with van der Waals surface area (Å²) in [5.41, 5.74) is 1.36. The molecule has 1 aromatic carbocycles. The summed E-state index contributed by atoms with van der Waals surface area (Å²) in [7, 11) is -0.352. The van der Waals surface area contributed by atoms with Crippen molar-refractivity contribution in [2.75, 3.05) is 0 Å². The molecule has 134 valence electrons. The standard InChI is InChI=1S/C22H35FSi/c1-2-3-4-15-24-16-13-21(14-17-24)19-7-5-18(6-8-19)20-9-11-22(23)12-10-20/h9-12,18-19,21,24H,2-8,13-17H2,1H3. The average molecular weight is 347 g/mol. The minimum absolute atomic E-state index is 0.104. The van der Waals surface area contributed by atoms with Gasteiger partial charge in [0.05, 0.1) is 0 Å². The third-order valence-electron chi connectivity index (χ3n) is 6.89. The van der Waals surface area contributed by atoms with Crippen LogP contribution in [0.4, 0.5) is 4.39 Å². The van der Waals surface area contributed by atoms with E-state index in [-0.39, 0.29) is 14.6 Å². The van der Waals surface area contributed by atoms with Crippen LogP contribution in [-0.4, -0.2) is 8.80 Å². The maximum Gasteiger partial charge on any atom is 0.123 e. The first-order valence-electron chi connectivity index (χ1n) is 10.5. The fourth-order valence-electron chi connectivity index (χ4n) is 5.29. The summed E-state index contributed by atoms with van der Waals surface area (Å²) in [4.78, 5) is 0. The highest BCUT2D eigenvalue weighted by Crippen LogP contribution is 2.43. The van der Waals surface area contributed by atoms with Crippen LogP contribution in [0.5, 0.6) is 0 Å². The molecule has 0 spiro atoms. The molecule has 0 amide bonds. The highest BCUT2D eigenvalue weighted by molar-refractivity contribution is 6.58. The molecular formula is C22H35FSi. The van der Waals surface area contributed by atoms with Crippen molar-refractivity contribution in [2.24, 2.45) is 11.8 Å². The van der Waals surface area contributed by atoms with Crippen molar-refractivity contribution in [1.82, 2.24) is 0 Å². The number of unbranched alkanes of at least 4 members (excludes halogenated alkanes) is 2. The molecule has 1 aromatic rings. The number of hydrogen-bond donors (Lipinski definition) is 0. The van der Waals surface area contributed by atoms with E-state index in [9.17, 15) is 4.39 Å². The van der Waals surface area contributed by atoms with Crippen LogP contribution in [0.25, 0.3) is 0 Å². The molecule has 0 N–H and O–H groups in total. The number of rotatable bonds is 6. The first-order chi connectivity index (χ1) is 11.8. The molecule has 2 aliphatic rings. The van der Waals surface area contributed by atoms with Crippen molar-refractivity contribution in [3.8, 4) is 0 Å². The molecular weight excluding hydrogens is 311 g/mol. The Labute approximate surface area is 149 Å². The number of halogens is 1. The Morgan fingerprint density at radius 3 is 2.12 bits per heavy atom. The molecule has 1 saturated heterocycles. The lowest BCUT2D eigenvalue weighted by molar-refractivity contribution is 0.216. The van der Waals surface area contributed by atoms with Crippen LogP contribution in [0.3, 0.4) is 0 Å². The van der Waals surface area contributed by atoms with Crippen molar-refractivity contribution >= 4 is 8.80 Å². The van der Waals surface area contributed by atoms with E-state index in [1.165, 1.54) is 50.5 Å². The minimum Gasteiger partial charge on any atom is -0.207 e. The van der Waals surface area contributed by atoms with E-state index in [0.29, 0.717) is 5.92 Å². The zero-order valence-corrected chi connectivity index (χ0v) is 16.6. The summed E-state index contributed by atoms with van der Waals surface area (Å²) in [6.07, 6.45) is 12.9. The van der Waals surface area contributed by atoms with Gasteiger partial charge in [-0.05, 0) is 61.1 Å². The van der Waals surface area contributed by atoms with Gasteiger partial charge in [-0.1, -0.05) is 69.3 Å². The van der Waals surface area contributed by atoms with E-state index in [2.05, 4.69) is 6.92 Å². The third-order valence-corrected chi connectivity index (χ3v) is 10.4. The van der Waals surface area contributed by atoms with Crippen LogP contribution in [0.1, 0.15) is 76.2 Å². The fraction of sp³-hybridized carbons (Fsp3) is 0.727. The highest BCUT2D eigenvalue weighted by atomic mass is 28.3. The topological polar surface area (TPSA) is 0 Å². The van der Waals surface area contributed by atoms with Crippen LogP contribution >= 0.6 is 0 Å². The van der Waals surface area contributed by atoms with Gasteiger partial charge < -0.3 is 0 Å². The lowest BCUT2D eigenvalue weighted by Crippen LogP contribution is -2.28. The van der Waals surface area contributed by atoms with Crippen molar-refractivity contribution in [3.05, 3.63) is 35.6 Å². The molecule has 0 nitrogen and oxygen atoms in total. The molecule has 2 fully saturated rings. The van der Waals surface area contributed by atoms with E-state index >= 15 is 0 Å². The smallest absolute Gasteiger partial charge is 0.123 e. The van der Waals surface area contributed by atoms with Crippen molar-refractivity contribution in [3.63, 3.8) is 0 Å². The lowest BCUT2D eigenvalue weighted by atomic mass is 9.72. The second kappa shape index (κ2) is 9.17. The number of benzene rings is 1. The van der Waals surface area contributed by atoms with Gasteiger partial charge in [0.25, 0.3) is 0 Å². The van der Waals surface area contributed by atoms with Gasteiger partial charge in [-0.15, -0.1) is 0 Å². The quantitative estimate of drug-likeness (QED) is 0.387. The minimum atomic E-state index is -0.352. The molecule has 3 rings (SSSR count). The second-order valence-corrected chi connectivity index (χ2v) is 11.9. The molecule has 0 unspecified atom stereocenters. The summed E-state index contributed by atoms with van der Waals surface area (Å²) >= 11 is 0. The summed E-state index contributed by atoms with van der Waals surface area (Å²) in [6.45, 7) is 2.32. The Balaban J connectivity index is 1.40. The van der Waals surface area contributed by atoms with E-state index in [1.54, 1.807) is 43.1 Å². The first-order valence-corrected chi connectivity index (χ1v) is 13.0. The molecule has 0 bridgehead atoms. The molecule has 1 heterocycles. The number of hydrogen-bond acceptors (Lipinski definition) is 0. The van der Waals surface area contributed by atoms with Crippen LogP contribution in [-0.2, 0) is 0 Å². The van der Waals surface area contributed by atoms with Gasteiger partial charge in [-0.25, -0.2) is 4.39 Å². The molecule has 2 heteroatoms. The first kappa shape index (κ1) is 18.2. The summed E-state index contributed by atoms with van der Waals surface area (Å²) in [6, 6.07) is 12.2. The van der Waals surface area contributed by atoms with E-state index < -0.39 is 0 Å². The molecule has 24 heavy (non-hydrogen) atoms. The molecule has 0 atom stereocenters. The van der Waals surface area contributed by atoms with Gasteiger partial charge in [0, 0.05) is 8.80 Å². The fourth-order valence-corrected chi connectivity index (χ4v) is 8.82. The summed E-state index contributed by atoms with van der Waals surface area (Å²) in [5.74, 6) is 2.61. The molecule has 0 aromatic heterocycles. The highest BCUT2D eigenvalue weighted by Gasteiger charge is 2.31. The second-order valence-electron chi connectivity index (χ2n) is 8.44. The summed E-state index contributed by atoms with van der Waals surface area (Å²) in [5, 5.41) is 0. The van der Waals surface area contributed by atoms with Crippen LogP contribution < -0.4 is 0 Å². The lowest BCUT2D eigenvalue weighted by Gasteiger charge is -2.37. The van der Waals surface area contributed by atoms with E-state index in [1.807, 2.05) is 12.1 Å². The van der Waals surface area contributed by atoms with Gasteiger partial charge in [0.1, 0.15) is 5.82 Å². The Morgan fingerprint density at radius 1 is 0.875 bits per heavy atom. The third kappa shape index (κ3) is 4.94. The van der Waals surface area contributed by atoms with Crippen LogP contribution in [0.2, 0.25) is 18.1 Å². The predicted octanol–water partition coefficient (Wildman–Crippen LogP) is 6.93. The zero-order valence-electron chi connectivity index (χ0n) is 15.5. The van der Waals surface area contributed by atoms with Crippen molar-refractivity contribution in [2.45, 2.75) is 88.8 Å². The molecule has 0 radical (unpaired) electrons. The Kier molecular flexibility index (Phi) is 6.94. The average Bonchev–Trinajstić information content (AvgIpc) is 2.63.